The molecule has 2 bridgehead atoms. The molecule has 0 amide bonds. The number of nitrogens with zero attached hydrogens (tertiary/aromatic N) is 4. The highest BCUT2D eigenvalue weighted by atomic mass is 16.5. The van der Waals surface area contributed by atoms with Crippen molar-refractivity contribution in [1.82, 2.24) is 20.1 Å². The molecule has 0 unspecified atom stereocenters. The van der Waals surface area contributed by atoms with Gasteiger partial charge in [-0.15, -0.1) is 0 Å². The summed E-state index contributed by atoms with van der Waals surface area (Å²) in [6.07, 6.45) is 8.56. The molecule has 6 rings (SSSR count). The maximum atomic E-state index is 6.11. The van der Waals surface area contributed by atoms with Gasteiger partial charge in [0.15, 0.2) is 0 Å². The van der Waals surface area contributed by atoms with E-state index in [4.69, 9.17) is 9.72 Å². The Hall–Kier alpha value is -2.86. The van der Waals surface area contributed by atoms with Crippen LogP contribution in [0.25, 0.3) is 16.8 Å². The van der Waals surface area contributed by atoms with Crippen LogP contribution in [-0.4, -0.2) is 38.9 Å². The SMILES string of the molecule is CN(c1ccc2c(n1)OCc1cc(-n3cccn3)ccc1-2)[C@H]1C[C@]2(C)CC[C@](C)(C1)N2. The fourth-order valence-electron chi connectivity index (χ4n) is 5.90. The highest BCUT2D eigenvalue weighted by molar-refractivity contribution is 5.75. The van der Waals surface area contributed by atoms with Crippen molar-refractivity contribution in [1.29, 1.82) is 0 Å². The van der Waals surface area contributed by atoms with Gasteiger partial charge in [-0.05, 0) is 81.0 Å². The number of fused-ring (bicyclic) bond motifs is 5. The Balaban J connectivity index is 1.29. The monoisotopic (exact) mass is 415 g/mol. The minimum atomic E-state index is 0.238. The predicted octanol–water partition coefficient (Wildman–Crippen LogP) is 4.33. The zero-order valence-corrected chi connectivity index (χ0v) is 18.4. The first-order chi connectivity index (χ1) is 14.9. The van der Waals surface area contributed by atoms with Crippen molar-refractivity contribution in [2.24, 2.45) is 0 Å². The van der Waals surface area contributed by atoms with Crippen LogP contribution < -0.4 is 15.0 Å². The third-order valence-electron chi connectivity index (χ3n) is 7.47. The van der Waals surface area contributed by atoms with E-state index in [9.17, 15) is 0 Å². The third kappa shape index (κ3) is 3.12. The number of anilines is 1. The molecule has 2 aromatic heterocycles. The molecule has 3 atom stereocenters. The molecule has 0 aliphatic carbocycles. The lowest BCUT2D eigenvalue weighted by molar-refractivity contribution is 0.207. The summed E-state index contributed by atoms with van der Waals surface area (Å²) in [4.78, 5) is 7.30. The molecule has 0 spiro atoms. The molecule has 2 saturated heterocycles. The second-order valence-electron chi connectivity index (χ2n) is 10.0. The van der Waals surface area contributed by atoms with E-state index in [1.807, 2.05) is 16.9 Å². The quantitative estimate of drug-likeness (QED) is 0.690. The van der Waals surface area contributed by atoms with Gasteiger partial charge < -0.3 is 15.0 Å². The molecule has 6 nitrogen and oxygen atoms in total. The van der Waals surface area contributed by atoms with E-state index in [1.54, 1.807) is 6.20 Å². The zero-order chi connectivity index (χ0) is 21.2. The smallest absolute Gasteiger partial charge is 0.223 e. The summed E-state index contributed by atoms with van der Waals surface area (Å²) < 4.78 is 7.99. The minimum Gasteiger partial charge on any atom is -0.472 e. The molecule has 5 heterocycles. The number of hydrogen-bond acceptors (Lipinski definition) is 5. The lowest BCUT2D eigenvalue weighted by Gasteiger charge is -2.45. The summed E-state index contributed by atoms with van der Waals surface area (Å²) in [5, 5.41) is 8.21. The largest absolute Gasteiger partial charge is 0.472 e. The Morgan fingerprint density at radius 3 is 2.61 bits per heavy atom. The Morgan fingerprint density at radius 2 is 1.87 bits per heavy atom. The van der Waals surface area contributed by atoms with Gasteiger partial charge in [0, 0.05) is 42.1 Å². The fourth-order valence-corrected chi connectivity index (χ4v) is 5.90. The molecule has 6 heteroatoms. The van der Waals surface area contributed by atoms with Crippen LogP contribution in [-0.2, 0) is 6.61 Å². The van der Waals surface area contributed by atoms with Gasteiger partial charge in [0.2, 0.25) is 5.88 Å². The Kier molecular flexibility index (Phi) is 4.00. The molecule has 3 aliphatic heterocycles. The molecule has 0 radical (unpaired) electrons. The Bertz CT molecular complexity index is 1120. The minimum absolute atomic E-state index is 0.238. The lowest BCUT2D eigenvalue weighted by Crippen LogP contribution is -2.58. The molecular weight excluding hydrogens is 386 g/mol. The van der Waals surface area contributed by atoms with E-state index in [1.165, 1.54) is 24.0 Å². The molecular formula is C25H29N5O. The van der Waals surface area contributed by atoms with E-state index in [0.717, 1.165) is 35.8 Å². The van der Waals surface area contributed by atoms with E-state index < -0.39 is 0 Å². The first-order valence-corrected chi connectivity index (χ1v) is 11.2. The van der Waals surface area contributed by atoms with Crippen LogP contribution >= 0.6 is 0 Å². The summed E-state index contributed by atoms with van der Waals surface area (Å²) in [6.45, 7) is 5.27. The second kappa shape index (κ2) is 6.57. The van der Waals surface area contributed by atoms with E-state index in [0.29, 0.717) is 12.6 Å². The third-order valence-corrected chi connectivity index (χ3v) is 7.47. The maximum absolute atomic E-state index is 6.11. The van der Waals surface area contributed by atoms with E-state index in [-0.39, 0.29) is 11.1 Å². The molecule has 160 valence electrons. The van der Waals surface area contributed by atoms with Gasteiger partial charge in [0.25, 0.3) is 0 Å². The molecule has 3 aliphatic rings. The number of aromatic nitrogens is 3. The summed E-state index contributed by atoms with van der Waals surface area (Å²) in [5.41, 5.74) is 4.94. The van der Waals surface area contributed by atoms with Gasteiger partial charge in [-0.3, -0.25) is 0 Å². The predicted molar refractivity (Wildman–Crippen MR) is 122 cm³/mol. The van der Waals surface area contributed by atoms with Gasteiger partial charge in [-0.1, -0.05) is 6.07 Å². The van der Waals surface area contributed by atoms with Gasteiger partial charge >= 0.3 is 0 Å². The normalized spacial score (nSPS) is 28.5. The number of ether oxygens (including phenoxy) is 1. The molecule has 1 aromatic carbocycles. The number of rotatable bonds is 3. The molecule has 3 aromatic rings. The molecule has 31 heavy (non-hydrogen) atoms. The average molecular weight is 416 g/mol. The van der Waals surface area contributed by atoms with Crippen molar-refractivity contribution in [2.45, 2.75) is 63.3 Å². The van der Waals surface area contributed by atoms with Crippen molar-refractivity contribution >= 4 is 5.82 Å². The lowest BCUT2D eigenvalue weighted by atomic mass is 9.84. The fraction of sp³-hybridized carbons (Fsp3) is 0.440. The van der Waals surface area contributed by atoms with Crippen LogP contribution in [0.2, 0.25) is 0 Å². The summed E-state index contributed by atoms with van der Waals surface area (Å²) in [7, 11) is 2.18. The topological polar surface area (TPSA) is 55.2 Å². The number of piperidine rings is 1. The molecule has 0 saturated carbocycles. The van der Waals surface area contributed by atoms with Crippen molar-refractivity contribution in [3.8, 4) is 22.7 Å². The van der Waals surface area contributed by atoms with Crippen molar-refractivity contribution in [3.05, 3.63) is 54.4 Å². The molecule has 1 N–H and O–H groups in total. The van der Waals surface area contributed by atoms with Crippen LogP contribution in [0.1, 0.15) is 45.1 Å². The number of hydrogen-bond donors (Lipinski definition) is 1. The van der Waals surface area contributed by atoms with Gasteiger partial charge in [-0.2, -0.15) is 10.1 Å². The van der Waals surface area contributed by atoms with Gasteiger partial charge in [-0.25, -0.2) is 4.68 Å². The van der Waals surface area contributed by atoms with Crippen LogP contribution in [0.5, 0.6) is 5.88 Å². The highest BCUT2D eigenvalue weighted by Gasteiger charge is 2.49. The van der Waals surface area contributed by atoms with Crippen LogP contribution in [0, 0.1) is 0 Å². The van der Waals surface area contributed by atoms with Gasteiger partial charge in [0.05, 0.1) is 5.69 Å². The number of benzene rings is 1. The first-order valence-electron chi connectivity index (χ1n) is 11.2. The van der Waals surface area contributed by atoms with Crippen LogP contribution in [0.15, 0.2) is 48.8 Å². The van der Waals surface area contributed by atoms with E-state index >= 15 is 0 Å². The standard InChI is InChI=1S/C25H29N5O/c1-24-9-10-25(2,28-24)15-19(14-24)29(3)22-8-7-21-20-6-5-18(30-12-4-11-26-30)13-17(20)16-31-23(21)27-22/h4-8,11-13,19,28H,9-10,14-16H2,1-3H3/t19-,24-,25+. The average Bonchev–Trinajstić information content (AvgIpc) is 3.38. The maximum Gasteiger partial charge on any atom is 0.223 e. The highest BCUT2D eigenvalue weighted by Crippen LogP contribution is 2.44. The van der Waals surface area contributed by atoms with Crippen LogP contribution in [0.3, 0.4) is 0 Å². The summed E-state index contributed by atoms with van der Waals surface area (Å²) in [5.74, 6) is 1.73. The summed E-state index contributed by atoms with van der Waals surface area (Å²) >= 11 is 0. The Morgan fingerprint density at radius 1 is 1.10 bits per heavy atom. The number of nitrogens with one attached hydrogen (secondary N) is 1. The van der Waals surface area contributed by atoms with Crippen molar-refractivity contribution < 1.29 is 4.74 Å². The first kappa shape index (κ1) is 18.9. The van der Waals surface area contributed by atoms with E-state index in [2.05, 4.69) is 66.5 Å². The second-order valence-corrected chi connectivity index (χ2v) is 10.0. The number of pyridine rings is 1. The zero-order valence-electron chi connectivity index (χ0n) is 18.4. The van der Waals surface area contributed by atoms with Crippen molar-refractivity contribution in [3.63, 3.8) is 0 Å². The van der Waals surface area contributed by atoms with Crippen LogP contribution in [0.4, 0.5) is 5.82 Å². The molecule has 2 fully saturated rings. The van der Waals surface area contributed by atoms with Gasteiger partial charge in [0.1, 0.15) is 12.4 Å². The van der Waals surface area contributed by atoms with Crippen molar-refractivity contribution in [2.75, 3.05) is 11.9 Å². The Labute approximate surface area is 183 Å². The summed E-state index contributed by atoms with van der Waals surface area (Å²) in [6, 6.07) is 13.1.